The van der Waals surface area contributed by atoms with Gasteiger partial charge in [0.2, 0.25) is 6.29 Å². The molecule has 3 aromatic rings. The van der Waals surface area contributed by atoms with Gasteiger partial charge in [-0.05, 0) is 68.3 Å². The number of hydrogen-bond acceptors (Lipinski definition) is 9. The lowest BCUT2D eigenvalue weighted by Gasteiger charge is -2.36. The Morgan fingerprint density at radius 1 is 1.10 bits per heavy atom. The topological polar surface area (TPSA) is 106 Å². The zero-order valence-electron chi connectivity index (χ0n) is 23.7. The van der Waals surface area contributed by atoms with E-state index in [4.69, 9.17) is 30.1 Å². The van der Waals surface area contributed by atoms with Crippen LogP contribution in [0.4, 0.5) is 0 Å². The quantitative estimate of drug-likeness (QED) is 0.0889. The molecule has 0 saturated carbocycles. The van der Waals surface area contributed by atoms with E-state index < -0.39 is 6.29 Å². The number of morpholine rings is 1. The van der Waals surface area contributed by atoms with Crippen molar-refractivity contribution < 1.29 is 19.4 Å². The minimum atomic E-state index is -0.433. The molecule has 9 nitrogen and oxygen atoms in total. The van der Waals surface area contributed by atoms with Gasteiger partial charge in [-0.25, -0.2) is 15.0 Å². The maximum atomic E-state index is 8.88. The van der Waals surface area contributed by atoms with Gasteiger partial charge >= 0.3 is 0 Å². The normalized spacial score (nSPS) is 15.3. The molecule has 216 valence electrons. The predicted molar refractivity (Wildman–Crippen MR) is 159 cm³/mol. The Hall–Kier alpha value is -3.18. The van der Waals surface area contributed by atoms with Crippen molar-refractivity contribution in [3.8, 4) is 22.8 Å². The number of aryl methyl sites for hydroxylation is 1. The molecule has 1 aliphatic heterocycles. The van der Waals surface area contributed by atoms with E-state index in [1.807, 2.05) is 12.1 Å². The van der Waals surface area contributed by atoms with Crippen LogP contribution in [-0.4, -0.2) is 71.7 Å². The Balaban J connectivity index is 1.41. The summed E-state index contributed by atoms with van der Waals surface area (Å²) in [5.41, 5.74) is 8.43. The molecular formula is C30H41N5O4S. The average Bonchev–Trinajstić information content (AvgIpc) is 3.37. The minimum absolute atomic E-state index is 0.0590. The first-order valence-corrected chi connectivity index (χ1v) is 14.9. The molecule has 0 radical (unpaired) electrons. The second-order valence-corrected chi connectivity index (χ2v) is 11.0. The summed E-state index contributed by atoms with van der Waals surface area (Å²) >= 11 is 1.78. The van der Waals surface area contributed by atoms with Crippen molar-refractivity contribution in [3.05, 3.63) is 64.0 Å². The monoisotopic (exact) mass is 567 g/mol. The molecule has 1 aromatic heterocycles. The van der Waals surface area contributed by atoms with Crippen LogP contribution in [0.25, 0.3) is 11.3 Å². The van der Waals surface area contributed by atoms with Crippen LogP contribution >= 0.6 is 11.3 Å². The average molecular weight is 568 g/mol. The number of likely N-dealkylation sites (N-methyl/N-ethyl adjacent to an activating group) is 1. The van der Waals surface area contributed by atoms with E-state index in [1.165, 1.54) is 4.88 Å². The fourth-order valence-corrected chi connectivity index (χ4v) is 5.65. The molecule has 4 rings (SSSR count). The number of aromatic nitrogens is 1. The largest absolute Gasteiger partial charge is 0.455 e. The first-order chi connectivity index (χ1) is 19.5. The van der Waals surface area contributed by atoms with Gasteiger partial charge in [0.1, 0.15) is 11.5 Å². The lowest BCUT2D eigenvalue weighted by Crippen LogP contribution is -2.49. The molecule has 1 aliphatic rings. The van der Waals surface area contributed by atoms with Gasteiger partial charge in [0.15, 0.2) is 5.84 Å². The predicted octanol–water partition coefficient (Wildman–Crippen LogP) is 5.30. The van der Waals surface area contributed by atoms with Gasteiger partial charge in [0.25, 0.3) is 0 Å². The van der Waals surface area contributed by atoms with Crippen molar-refractivity contribution in [3.63, 3.8) is 0 Å². The van der Waals surface area contributed by atoms with E-state index in [-0.39, 0.29) is 5.84 Å². The van der Waals surface area contributed by atoms with Crippen LogP contribution in [0.3, 0.4) is 0 Å². The Bertz CT molecular complexity index is 1210. The molecule has 1 atom stereocenters. The highest BCUT2D eigenvalue weighted by Gasteiger charge is 2.19. The molecule has 0 bridgehead atoms. The maximum absolute atomic E-state index is 8.88. The second-order valence-electron chi connectivity index (χ2n) is 9.71. The van der Waals surface area contributed by atoms with Gasteiger partial charge in [-0.2, -0.15) is 0 Å². The number of benzene rings is 2. The number of rotatable bonds is 14. The van der Waals surface area contributed by atoms with Gasteiger partial charge in [0.05, 0.1) is 23.9 Å². The Morgan fingerprint density at radius 3 is 2.35 bits per heavy atom. The lowest BCUT2D eigenvalue weighted by atomic mass is 10.1. The standard InChI is InChI=1S/C30H41N5O4S/c1-4-6-7-28(39-26-14-10-24(11-15-26)30(31)33-36)38-25-12-8-23(9-13-25)29-27(40-22(3)32-29)16-17-34(5-2)35-18-20-37-21-19-35/h8-15,28,36H,4-7,16-21H2,1-3H3,(H2,31,33). The third-order valence-corrected chi connectivity index (χ3v) is 7.90. The van der Waals surface area contributed by atoms with Crippen LogP contribution in [0, 0.1) is 6.92 Å². The van der Waals surface area contributed by atoms with E-state index in [9.17, 15) is 0 Å². The number of hydrogen-bond donors (Lipinski definition) is 2. The van der Waals surface area contributed by atoms with E-state index in [0.717, 1.165) is 87.1 Å². The molecule has 40 heavy (non-hydrogen) atoms. The van der Waals surface area contributed by atoms with Crippen LogP contribution < -0.4 is 15.2 Å². The van der Waals surface area contributed by atoms with Gasteiger partial charge in [0, 0.05) is 48.6 Å². The molecule has 0 amide bonds. The summed E-state index contributed by atoms with van der Waals surface area (Å²) in [4.78, 5) is 6.18. The number of oxime groups is 1. The summed E-state index contributed by atoms with van der Waals surface area (Å²) in [7, 11) is 0. The molecule has 0 spiro atoms. The smallest absolute Gasteiger partial charge is 0.241 e. The molecular weight excluding hydrogens is 526 g/mol. The van der Waals surface area contributed by atoms with Crippen LogP contribution in [-0.2, 0) is 11.2 Å². The number of amidine groups is 1. The molecule has 2 heterocycles. The summed E-state index contributed by atoms with van der Waals surface area (Å²) in [6, 6.07) is 15.2. The van der Waals surface area contributed by atoms with Gasteiger partial charge in [-0.15, -0.1) is 11.3 Å². The van der Waals surface area contributed by atoms with E-state index in [2.05, 4.69) is 48.1 Å². The first kappa shape index (κ1) is 29.8. The molecule has 0 aliphatic carbocycles. The van der Waals surface area contributed by atoms with Crippen LogP contribution in [0.2, 0.25) is 0 Å². The minimum Gasteiger partial charge on any atom is -0.455 e. The highest BCUT2D eigenvalue weighted by atomic mass is 32.1. The Labute approximate surface area is 241 Å². The summed E-state index contributed by atoms with van der Waals surface area (Å²) < 4.78 is 17.9. The highest BCUT2D eigenvalue weighted by Crippen LogP contribution is 2.31. The lowest BCUT2D eigenvalue weighted by molar-refractivity contribution is -0.0867. The highest BCUT2D eigenvalue weighted by molar-refractivity contribution is 7.12. The SMILES string of the molecule is CCCCC(Oc1ccc(C(N)=NO)cc1)Oc1ccc(-c2nc(C)sc2CCN(CC)N2CCOCC2)cc1. The Kier molecular flexibility index (Phi) is 11.2. The van der Waals surface area contributed by atoms with Crippen molar-refractivity contribution in [2.75, 3.05) is 39.4 Å². The molecule has 1 unspecified atom stereocenters. The number of nitrogens with two attached hydrogens (primary N) is 1. The Morgan fingerprint density at radius 2 is 1.75 bits per heavy atom. The van der Waals surface area contributed by atoms with Crippen molar-refractivity contribution in [1.82, 2.24) is 15.0 Å². The van der Waals surface area contributed by atoms with Gasteiger partial charge in [-0.3, -0.25) is 0 Å². The first-order valence-electron chi connectivity index (χ1n) is 14.1. The summed E-state index contributed by atoms with van der Waals surface area (Å²) in [5, 5.41) is 17.8. The fourth-order valence-electron chi connectivity index (χ4n) is 4.70. The van der Waals surface area contributed by atoms with E-state index in [1.54, 1.807) is 35.6 Å². The van der Waals surface area contributed by atoms with E-state index >= 15 is 0 Å². The second kappa shape index (κ2) is 15.0. The van der Waals surface area contributed by atoms with Crippen LogP contribution in [0.5, 0.6) is 11.5 Å². The zero-order chi connectivity index (χ0) is 28.3. The fraction of sp³-hybridized carbons (Fsp3) is 0.467. The summed E-state index contributed by atoms with van der Waals surface area (Å²) in [6.07, 6.45) is 3.29. The van der Waals surface area contributed by atoms with Crippen LogP contribution in [0.1, 0.15) is 48.6 Å². The molecule has 10 heteroatoms. The number of nitrogens with zero attached hydrogens (tertiary/aromatic N) is 4. The third-order valence-electron chi connectivity index (χ3n) is 6.87. The number of unbranched alkanes of at least 4 members (excludes halogenated alkanes) is 1. The van der Waals surface area contributed by atoms with Crippen molar-refractivity contribution in [1.29, 1.82) is 0 Å². The molecule has 1 saturated heterocycles. The van der Waals surface area contributed by atoms with Crippen molar-refractivity contribution in [2.24, 2.45) is 10.9 Å². The van der Waals surface area contributed by atoms with E-state index in [0.29, 0.717) is 11.3 Å². The number of hydrazine groups is 1. The number of ether oxygens (including phenoxy) is 3. The third kappa shape index (κ3) is 8.17. The zero-order valence-corrected chi connectivity index (χ0v) is 24.5. The molecule has 2 aromatic carbocycles. The molecule has 3 N–H and O–H groups in total. The maximum Gasteiger partial charge on any atom is 0.241 e. The van der Waals surface area contributed by atoms with Crippen molar-refractivity contribution in [2.45, 2.75) is 52.7 Å². The summed E-state index contributed by atoms with van der Waals surface area (Å²) in [5.74, 6) is 1.47. The van der Waals surface area contributed by atoms with Gasteiger partial charge in [-0.1, -0.05) is 25.4 Å². The number of thiazole rings is 1. The van der Waals surface area contributed by atoms with Crippen LogP contribution in [0.15, 0.2) is 53.7 Å². The van der Waals surface area contributed by atoms with Gasteiger partial charge < -0.3 is 25.2 Å². The summed E-state index contributed by atoms with van der Waals surface area (Å²) in [6.45, 7) is 11.9. The van der Waals surface area contributed by atoms with Crippen molar-refractivity contribution >= 4 is 17.2 Å². The molecule has 1 fully saturated rings.